The van der Waals surface area contributed by atoms with Gasteiger partial charge in [-0.1, -0.05) is 11.6 Å². The van der Waals surface area contributed by atoms with Crippen molar-refractivity contribution in [3.05, 3.63) is 71.9 Å². The molecule has 2 aromatic carbocycles. The Morgan fingerprint density at radius 1 is 0.840 bits per heavy atom. The molecule has 0 amide bonds. The molecule has 0 saturated carbocycles. The number of aromatic hydroxyl groups is 1. The third kappa shape index (κ3) is 3.36. The molecule has 0 aliphatic rings. The fourth-order valence-electron chi connectivity index (χ4n) is 2.42. The lowest BCUT2D eigenvalue weighted by Gasteiger charge is -2.07. The molecule has 25 heavy (non-hydrogen) atoms. The zero-order chi connectivity index (χ0) is 17.2. The summed E-state index contributed by atoms with van der Waals surface area (Å²) >= 11 is 5.90. The maximum absolute atomic E-state index is 9.40. The smallest absolute Gasteiger partial charge is 0.180 e. The van der Waals surface area contributed by atoms with Crippen LogP contribution < -0.4 is 5.32 Å². The predicted octanol–water partition coefficient (Wildman–Crippen LogP) is 4.79. The molecule has 4 rings (SSSR count). The van der Waals surface area contributed by atoms with Gasteiger partial charge in [0.1, 0.15) is 17.1 Å². The minimum absolute atomic E-state index is 0.213. The van der Waals surface area contributed by atoms with Gasteiger partial charge in [0.2, 0.25) is 0 Å². The second-order valence-electron chi connectivity index (χ2n) is 5.47. The number of hydrogen-bond acceptors (Lipinski definition) is 5. The van der Waals surface area contributed by atoms with Crippen LogP contribution in [0.25, 0.3) is 22.4 Å². The number of nitrogens with zero attached hydrogens (tertiary/aromatic N) is 3. The van der Waals surface area contributed by atoms with Gasteiger partial charge in [-0.3, -0.25) is 4.98 Å². The Bertz CT molecular complexity index is 1030. The van der Waals surface area contributed by atoms with E-state index in [2.05, 4.69) is 20.3 Å². The van der Waals surface area contributed by atoms with Crippen LogP contribution >= 0.6 is 11.6 Å². The van der Waals surface area contributed by atoms with E-state index in [1.165, 1.54) is 0 Å². The van der Waals surface area contributed by atoms with E-state index in [1.807, 2.05) is 36.4 Å². The van der Waals surface area contributed by atoms with Crippen LogP contribution in [0.3, 0.4) is 0 Å². The van der Waals surface area contributed by atoms with Gasteiger partial charge in [-0.25, -0.2) is 9.97 Å². The fraction of sp³-hybridized carbons (Fsp3) is 0. The van der Waals surface area contributed by atoms with Gasteiger partial charge in [-0.05, 0) is 60.7 Å². The Morgan fingerprint density at radius 3 is 2.36 bits per heavy atom. The average Bonchev–Trinajstić information content (AvgIpc) is 2.64. The molecule has 4 aromatic rings. The van der Waals surface area contributed by atoms with Crippen LogP contribution in [-0.2, 0) is 0 Å². The largest absolute Gasteiger partial charge is 0.508 e. The minimum atomic E-state index is 0.213. The molecular weight excluding hydrogens is 336 g/mol. The zero-order valence-electron chi connectivity index (χ0n) is 13.0. The third-order valence-corrected chi connectivity index (χ3v) is 3.94. The van der Waals surface area contributed by atoms with Gasteiger partial charge in [-0.2, -0.15) is 0 Å². The number of aromatic nitrogens is 3. The summed E-state index contributed by atoms with van der Waals surface area (Å²) in [6.07, 6.45) is 1.70. The number of nitrogens with one attached hydrogen (secondary N) is 1. The molecule has 0 aliphatic carbocycles. The third-order valence-electron chi connectivity index (χ3n) is 3.69. The van der Waals surface area contributed by atoms with E-state index in [4.69, 9.17) is 11.6 Å². The summed E-state index contributed by atoms with van der Waals surface area (Å²) < 4.78 is 0. The molecule has 0 bridgehead atoms. The van der Waals surface area contributed by atoms with Crippen molar-refractivity contribution in [1.82, 2.24) is 15.0 Å². The maximum atomic E-state index is 9.40. The molecule has 0 radical (unpaired) electrons. The number of fused-ring (bicyclic) bond motifs is 1. The number of halogens is 1. The van der Waals surface area contributed by atoms with Crippen LogP contribution in [-0.4, -0.2) is 20.1 Å². The summed E-state index contributed by atoms with van der Waals surface area (Å²) in [7, 11) is 0. The van der Waals surface area contributed by atoms with Crippen LogP contribution in [0.15, 0.2) is 66.9 Å². The fourth-order valence-corrected chi connectivity index (χ4v) is 2.55. The lowest BCUT2D eigenvalue weighted by Crippen LogP contribution is -1.96. The summed E-state index contributed by atoms with van der Waals surface area (Å²) in [6, 6.07) is 17.9. The first-order chi connectivity index (χ1) is 12.2. The number of pyridine rings is 1. The molecule has 2 N–H and O–H groups in total. The Morgan fingerprint density at radius 2 is 1.60 bits per heavy atom. The van der Waals surface area contributed by atoms with Gasteiger partial charge in [-0.15, -0.1) is 0 Å². The number of rotatable bonds is 3. The zero-order valence-corrected chi connectivity index (χ0v) is 13.8. The number of phenolic OH excluding ortho intramolecular Hbond substituents is 1. The maximum Gasteiger partial charge on any atom is 0.180 e. The van der Waals surface area contributed by atoms with Gasteiger partial charge < -0.3 is 10.4 Å². The van der Waals surface area contributed by atoms with Gasteiger partial charge >= 0.3 is 0 Å². The van der Waals surface area contributed by atoms with E-state index in [0.717, 1.165) is 11.3 Å². The normalized spacial score (nSPS) is 10.8. The summed E-state index contributed by atoms with van der Waals surface area (Å²) in [4.78, 5) is 13.5. The molecule has 0 spiro atoms. The predicted molar refractivity (Wildman–Crippen MR) is 99.2 cm³/mol. The first-order valence-corrected chi connectivity index (χ1v) is 8.01. The Labute approximate surface area is 149 Å². The van der Waals surface area contributed by atoms with Crippen LogP contribution in [0.5, 0.6) is 5.75 Å². The monoisotopic (exact) mass is 348 g/mol. The lowest BCUT2D eigenvalue weighted by atomic mass is 10.1. The van der Waals surface area contributed by atoms with Gasteiger partial charge in [0, 0.05) is 16.3 Å². The van der Waals surface area contributed by atoms with Crippen molar-refractivity contribution in [3.8, 4) is 17.0 Å². The molecule has 2 aromatic heterocycles. The average molecular weight is 349 g/mol. The highest BCUT2D eigenvalue weighted by Gasteiger charge is 2.06. The second kappa shape index (κ2) is 6.37. The van der Waals surface area contributed by atoms with E-state index in [1.54, 1.807) is 30.5 Å². The van der Waals surface area contributed by atoms with E-state index in [0.29, 0.717) is 27.7 Å². The first kappa shape index (κ1) is 15.4. The molecule has 0 saturated heterocycles. The van der Waals surface area contributed by atoms with Crippen molar-refractivity contribution in [1.29, 1.82) is 0 Å². The Kier molecular flexibility index (Phi) is 3.91. The van der Waals surface area contributed by atoms with Gasteiger partial charge in [0.15, 0.2) is 5.65 Å². The van der Waals surface area contributed by atoms with E-state index in [9.17, 15) is 5.11 Å². The summed E-state index contributed by atoms with van der Waals surface area (Å²) in [6.45, 7) is 0. The summed E-state index contributed by atoms with van der Waals surface area (Å²) in [5.74, 6) is 0.886. The van der Waals surface area contributed by atoms with Crippen LogP contribution in [0, 0.1) is 0 Å². The number of anilines is 2. The van der Waals surface area contributed by atoms with Crippen molar-refractivity contribution < 1.29 is 5.11 Å². The minimum Gasteiger partial charge on any atom is -0.508 e. The van der Waals surface area contributed by atoms with Crippen LogP contribution in [0.2, 0.25) is 5.02 Å². The summed E-state index contributed by atoms with van der Waals surface area (Å²) in [5.41, 5.74) is 3.71. The topological polar surface area (TPSA) is 70.9 Å². The lowest BCUT2D eigenvalue weighted by molar-refractivity contribution is 0.475. The standard InChI is InChI=1S/C19H13ClN4O/c20-13-3-5-14(6-4-13)22-18-10-9-16-19(24-18)23-17(11-21-16)12-1-7-15(25)8-2-12/h1-11,25H,(H,22,23,24). The summed E-state index contributed by atoms with van der Waals surface area (Å²) in [5, 5.41) is 13.3. The molecule has 0 unspecified atom stereocenters. The quantitative estimate of drug-likeness (QED) is 0.556. The number of hydrogen-bond donors (Lipinski definition) is 2. The highest BCUT2D eigenvalue weighted by molar-refractivity contribution is 6.30. The van der Waals surface area contributed by atoms with Crippen molar-refractivity contribution in [2.45, 2.75) is 0 Å². The molecule has 122 valence electrons. The van der Waals surface area contributed by atoms with Crippen molar-refractivity contribution >= 4 is 34.3 Å². The molecule has 0 atom stereocenters. The second-order valence-corrected chi connectivity index (χ2v) is 5.91. The number of benzene rings is 2. The highest BCUT2D eigenvalue weighted by atomic mass is 35.5. The van der Waals surface area contributed by atoms with Gasteiger partial charge in [0.05, 0.1) is 11.9 Å². The molecule has 2 heterocycles. The van der Waals surface area contributed by atoms with Gasteiger partial charge in [0.25, 0.3) is 0 Å². The van der Waals surface area contributed by atoms with E-state index >= 15 is 0 Å². The van der Waals surface area contributed by atoms with E-state index < -0.39 is 0 Å². The number of phenols is 1. The SMILES string of the molecule is Oc1ccc(-c2cnc3ccc(Nc4ccc(Cl)cc4)nc3n2)cc1. The van der Waals surface area contributed by atoms with Crippen LogP contribution in [0.1, 0.15) is 0 Å². The molecular formula is C19H13ClN4O. The van der Waals surface area contributed by atoms with Crippen molar-refractivity contribution in [2.24, 2.45) is 0 Å². The Balaban J connectivity index is 1.68. The molecule has 0 fully saturated rings. The highest BCUT2D eigenvalue weighted by Crippen LogP contribution is 2.23. The Hall–Kier alpha value is -3.18. The molecule has 0 aliphatic heterocycles. The van der Waals surface area contributed by atoms with E-state index in [-0.39, 0.29) is 5.75 Å². The molecule has 5 nitrogen and oxygen atoms in total. The first-order valence-electron chi connectivity index (χ1n) is 7.63. The molecule has 6 heteroatoms. The van der Waals surface area contributed by atoms with Crippen molar-refractivity contribution in [3.63, 3.8) is 0 Å². The van der Waals surface area contributed by atoms with Crippen LogP contribution in [0.4, 0.5) is 11.5 Å². The van der Waals surface area contributed by atoms with Crippen molar-refractivity contribution in [2.75, 3.05) is 5.32 Å².